The van der Waals surface area contributed by atoms with E-state index in [0.29, 0.717) is 44.9 Å². The number of fused-ring (bicyclic) bond motifs is 5. The Bertz CT molecular complexity index is 1400. The van der Waals surface area contributed by atoms with Crippen LogP contribution in [0.5, 0.6) is 0 Å². The zero-order valence-corrected chi connectivity index (χ0v) is 34.6. The van der Waals surface area contributed by atoms with E-state index in [1.54, 1.807) is 0 Å². The van der Waals surface area contributed by atoms with Crippen LogP contribution in [0.25, 0.3) is 0 Å². The Hall–Kier alpha value is -0.820. The molecule has 0 spiro atoms. The predicted octanol–water partition coefficient (Wildman–Crippen LogP) is 1.12. The first-order chi connectivity index (χ1) is 26.0. The van der Waals surface area contributed by atoms with Crippen molar-refractivity contribution in [2.24, 2.45) is 45.3 Å². The second-order valence-corrected chi connectivity index (χ2v) is 20.2. The lowest BCUT2D eigenvalue weighted by atomic mass is 9.34. The smallest absolute Gasteiger partial charge is 0.187 e. The molecule has 6 aliphatic rings. The first-order valence-corrected chi connectivity index (χ1v) is 21.0. The maximum absolute atomic E-state index is 12.6. The highest BCUT2D eigenvalue weighted by molar-refractivity contribution is 5.22. The maximum atomic E-state index is 12.6. The Morgan fingerprint density at radius 2 is 1.32 bits per heavy atom. The van der Waals surface area contributed by atoms with Gasteiger partial charge in [0.25, 0.3) is 0 Å². The van der Waals surface area contributed by atoms with Crippen molar-refractivity contribution in [3.8, 4) is 0 Å². The third-order valence-corrected chi connectivity index (χ3v) is 16.6. The molecule has 2 saturated heterocycles. The van der Waals surface area contributed by atoms with E-state index >= 15 is 0 Å². The van der Waals surface area contributed by atoms with Crippen LogP contribution < -0.4 is 0 Å². The van der Waals surface area contributed by atoms with Crippen LogP contribution in [-0.4, -0.2) is 150 Å². The van der Waals surface area contributed by atoms with Crippen LogP contribution in [0, 0.1) is 45.3 Å². The zero-order chi connectivity index (χ0) is 41.5. The van der Waals surface area contributed by atoms with Crippen molar-refractivity contribution in [1.29, 1.82) is 0 Å². The van der Waals surface area contributed by atoms with Gasteiger partial charge in [-0.1, -0.05) is 46.3 Å². The average Bonchev–Trinajstić information content (AvgIpc) is 3.52. The molecule has 10 N–H and O–H groups in total. The van der Waals surface area contributed by atoms with Gasteiger partial charge in [-0.3, -0.25) is 0 Å². The van der Waals surface area contributed by atoms with Crippen LogP contribution in [0.4, 0.5) is 0 Å². The molecule has 11 unspecified atom stereocenters. The normalized spacial score (nSPS) is 52.6. The lowest BCUT2D eigenvalue weighted by Crippen LogP contribution is -2.71. The fourth-order valence-corrected chi connectivity index (χ4v) is 13.5. The minimum absolute atomic E-state index is 0.000258. The van der Waals surface area contributed by atoms with Crippen LogP contribution >= 0.6 is 0 Å². The number of allylic oxidation sites excluding steroid dienone is 2. The van der Waals surface area contributed by atoms with Gasteiger partial charge in [-0.15, -0.1) is 0 Å². The van der Waals surface area contributed by atoms with E-state index in [0.717, 1.165) is 12.0 Å². The van der Waals surface area contributed by atoms with Gasteiger partial charge in [0, 0.05) is 0 Å². The van der Waals surface area contributed by atoms with Crippen molar-refractivity contribution >= 4 is 0 Å². The molecule has 2 heterocycles. The lowest BCUT2D eigenvalue weighted by Gasteiger charge is -2.72. The van der Waals surface area contributed by atoms with E-state index in [1.807, 2.05) is 34.6 Å². The van der Waals surface area contributed by atoms with Gasteiger partial charge in [0.05, 0.1) is 37.1 Å². The molecule has 6 fully saturated rings. The molecular weight excluding hydrogens is 728 g/mol. The minimum Gasteiger partial charge on any atom is -0.394 e. The van der Waals surface area contributed by atoms with Gasteiger partial charge in [0.15, 0.2) is 12.6 Å². The molecule has 0 aromatic rings. The molecule has 4 aliphatic carbocycles. The molecule has 0 amide bonds. The van der Waals surface area contributed by atoms with Crippen molar-refractivity contribution in [3.63, 3.8) is 0 Å². The van der Waals surface area contributed by atoms with Gasteiger partial charge in [-0.2, -0.15) is 0 Å². The predicted molar refractivity (Wildman–Crippen MR) is 202 cm³/mol. The first-order valence-electron chi connectivity index (χ1n) is 21.0. The summed E-state index contributed by atoms with van der Waals surface area (Å²) >= 11 is 0. The van der Waals surface area contributed by atoms with Gasteiger partial charge in [-0.05, 0) is 117 Å². The molecule has 6 rings (SSSR count). The lowest BCUT2D eigenvalue weighted by molar-refractivity contribution is -0.349. The standard InChI is InChI=1S/C42H72O14/c1-20(2)10-9-13-42(8,56-37-34(52)32(50)30(48)25(19-44)55-37)21-11-15-40(6)28(21)22(45)16-26-39(5)14-12-27(46)38(3,4)35(39)23(17-41(26,40)7)53-36-33(51)31(49)29(47)24(18-43)54-36/h10,21-37,43-52H,9,11-19H2,1-8H3/t21?,22-,23+,24?,25?,26-,27+,28+,29?,30?,31?,32?,33?,34?,35+,36?,37?,39-,40-,41-,42+/m1/s1. The fraction of sp³-hybridized carbons (Fsp3) is 0.952. The topological polar surface area (TPSA) is 239 Å². The van der Waals surface area contributed by atoms with Crippen molar-refractivity contribution < 1.29 is 70.0 Å². The van der Waals surface area contributed by atoms with Gasteiger partial charge in [0.1, 0.15) is 48.8 Å². The van der Waals surface area contributed by atoms with E-state index < -0.39 is 120 Å². The highest BCUT2D eigenvalue weighted by Gasteiger charge is 2.74. The summed E-state index contributed by atoms with van der Waals surface area (Å²) in [4.78, 5) is 0. The quantitative estimate of drug-likeness (QED) is 0.110. The van der Waals surface area contributed by atoms with Gasteiger partial charge in [-0.25, -0.2) is 0 Å². The highest BCUT2D eigenvalue weighted by atomic mass is 16.7. The Labute approximate surface area is 331 Å². The molecule has 14 nitrogen and oxygen atoms in total. The van der Waals surface area contributed by atoms with Crippen LogP contribution in [0.2, 0.25) is 0 Å². The minimum atomic E-state index is -1.61. The second kappa shape index (κ2) is 15.9. The molecule has 0 bridgehead atoms. The average molecular weight is 801 g/mol. The number of hydrogen-bond acceptors (Lipinski definition) is 14. The Morgan fingerprint density at radius 1 is 0.750 bits per heavy atom. The zero-order valence-electron chi connectivity index (χ0n) is 34.6. The maximum Gasteiger partial charge on any atom is 0.187 e. The Balaban J connectivity index is 1.39. The number of aliphatic hydroxyl groups is 10. The van der Waals surface area contributed by atoms with Gasteiger partial charge >= 0.3 is 0 Å². The number of ether oxygens (including phenoxy) is 4. The van der Waals surface area contributed by atoms with Gasteiger partial charge in [0.2, 0.25) is 0 Å². The molecule has 0 aromatic heterocycles. The first kappa shape index (κ1) is 44.7. The molecular formula is C42H72O14. The summed E-state index contributed by atoms with van der Waals surface area (Å²) in [6.45, 7) is 15.7. The number of aliphatic hydroxyl groups excluding tert-OH is 10. The summed E-state index contributed by atoms with van der Waals surface area (Å²) in [5, 5.41) is 109. The number of rotatable bonds is 10. The van der Waals surface area contributed by atoms with E-state index in [1.165, 1.54) is 0 Å². The Morgan fingerprint density at radius 3 is 1.89 bits per heavy atom. The summed E-state index contributed by atoms with van der Waals surface area (Å²) < 4.78 is 25.4. The van der Waals surface area contributed by atoms with Crippen molar-refractivity contribution in [2.45, 2.75) is 192 Å². The fourth-order valence-electron chi connectivity index (χ4n) is 13.5. The summed E-state index contributed by atoms with van der Waals surface area (Å²) in [7, 11) is 0. The van der Waals surface area contributed by atoms with Crippen molar-refractivity contribution in [1.82, 2.24) is 0 Å². The third-order valence-electron chi connectivity index (χ3n) is 16.6. The van der Waals surface area contributed by atoms with Crippen LogP contribution in [0.1, 0.15) is 107 Å². The molecule has 0 aromatic carbocycles. The van der Waals surface area contributed by atoms with Crippen molar-refractivity contribution in [2.75, 3.05) is 13.2 Å². The van der Waals surface area contributed by atoms with Crippen LogP contribution in [0.15, 0.2) is 11.6 Å². The summed E-state index contributed by atoms with van der Waals surface area (Å²) in [6.07, 6.45) is -9.52. The molecule has 4 saturated carbocycles. The highest BCUT2D eigenvalue weighted by Crippen LogP contribution is 2.76. The van der Waals surface area contributed by atoms with Gasteiger partial charge < -0.3 is 70.0 Å². The number of hydrogen-bond donors (Lipinski definition) is 10. The van der Waals surface area contributed by atoms with E-state index in [4.69, 9.17) is 18.9 Å². The van der Waals surface area contributed by atoms with E-state index in [-0.39, 0.29) is 23.7 Å². The second-order valence-electron chi connectivity index (χ2n) is 20.2. The van der Waals surface area contributed by atoms with E-state index in [2.05, 4.69) is 26.8 Å². The SMILES string of the molecule is CC(C)=CCC[C@](C)(OC1OC(CO)C(O)C(O)C1O)C1CC[C@]2(C)[C@@H]1[C@H](O)C[C@@H]1[C@@]3(C)CC[C@H](O)C(C)(C)[C@@H]3[C@@H](OC3OC(CO)C(O)C(O)C3O)C[C@]12C. The van der Waals surface area contributed by atoms with Crippen molar-refractivity contribution in [3.05, 3.63) is 11.6 Å². The largest absolute Gasteiger partial charge is 0.394 e. The van der Waals surface area contributed by atoms with Crippen LogP contribution in [0.3, 0.4) is 0 Å². The monoisotopic (exact) mass is 800 g/mol. The Kier molecular flexibility index (Phi) is 12.7. The third kappa shape index (κ3) is 7.06. The summed E-state index contributed by atoms with van der Waals surface area (Å²) in [5.74, 6) is -0.781. The molecule has 14 heteroatoms. The van der Waals surface area contributed by atoms with E-state index in [9.17, 15) is 51.1 Å². The molecule has 2 aliphatic heterocycles. The molecule has 324 valence electrons. The summed E-state index contributed by atoms with van der Waals surface area (Å²) in [5.41, 5.74) is -1.92. The molecule has 56 heavy (non-hydrogen) atoms. The van der Waals surface area contributed by atoms with Crippen LogP contribution in [-0.2, 0) is 18.9 Å². The summed E-state index contributed by atoms with van der Waals surface area (Å²) in [6, 6.07) is 0. The molecule has 21 atom stereocenters. The molecule has 0 radical (unpaired) electrons.